The zero-order chi connectivity index (χ0) is 12.3. The molecule has 0 saturated heterocycles. The molecule has 0 aliphatic carbocycles. The fourth-order valence-electron chi connectivity index (χ4n) is 1.43. The predicted octanol–water partition coefficient (Wildman–Crippen LogP) is 3.25. The first-order valence-electron chi connectivity index (χ1n) is 5.15. The van der Waals surface area contributed by atoms with E-state index in [0.29, 0.717) is 11.4 Å². The number of rotatable bonds is 2. The molecular formula is C13H11IN2O. The van der Waals surface area contributed by atoms with Gasteiger partial charge in [0, 0.05) is 15.3 Å². The smallest absolute Gasteiger partial charge is 0.256 e. The Bertz CT molecular complexity index is 555. The van der Waals surface area contributed by atoms with Crippen molar-refractivity contribution in [2.45, 2.75) is 6.92 Å². The number of nitrogens with zero attached hydrogens (tertiary/aromatic N) is 1. The van der Waals surface area contributed by atoms with Crippen molar-refractivity contribution in [1.82, 2.24) is 4.98 Å². The summed E-state index contributed by atoms with van der Waals surface area (Å²) in [6.07, 6.45) is 1.66. The van der Waals surface area contributed by atoms with Crippen molar-refractivity contribution < 1.29 is 4.79 Å². The minimum Gasteiger partial charge on any atom is -0.306 e. The molecule has 17 heavy (non-hydrogen) atoms. The summed E-state index contributed by atoms with van der Waals surface area (Å²) in [4.78, 5) is 16.1. The molecule has 0 unspecified atom stereocenters. The van der Waals surface area contributed by atoms with Gasteiger partial charge in [-0.05, 0) is 59.3 Å². The Balaban J connectivity index is 2.20. The second-order valence-electron chi connectivity index (χ2n) is 3.63. The summed E-state index contributed by atoms with van der Waals surface area (Å²) >= 11 is 2.18. The summed E-state index contributed by atoms with van der Waals surface area (Å²) in [5.41, 5.74) is 1.59. The summed E-state index contributed by atoms with van der Waals surface area (Å²) in [5.74, 6) is 0.474. The Labute approximate surface area is 113 Å². The van der Waals surface area contributed by atoms with Crippen LogP contribution in [-0.2, 0) is 0 Å². The maximum Gasteiger partial charge on any atom is 0.256 e. The molecule has 1 aromatic carbocycles. The van der Waals surface area contributed by atoms with Crippen LogP contribution in [0.3, 0.4) is 0 Å². The number of pyridine rings is 1. The Morgan fingerprint density at radius 1 is 1.29 bits per heavy atom. The van der Waals surface area contributed by atoms with E-state index >= 15 is 0 Å². The molecule has 0 spiro atoms. The van der Waals surface area contributed by atoms with Crippen LogP contribution in [0.15, 0.2) is 42.6 Å². The molecular weight excluding hydrogens is 327 g/mol. The fraction of sp³-hybridized carbons (Fsp3) is 0.0769. The number of hydrogen-bond acceptors (Lipinski definition) is 2. The van der Waals surface area contributed by atoms with Gasteiger partial charge in [0.15, 0.2) is 0 Å². The highest BCUT2D eigenvalue weighted by molar-refractivity contribution is 14.1. The van der Waals surface area contributed by atoms with Gasteiger partial charge in [-0.15, -0.1) is 0 Å². The second-order valence-corrected chi connectivity index (χ2v) is 4.88. The van der Waals surface area contributed by atoms with E-state index in [-0.39, 0.29) is 5.91 Å². The molecule has 0 aliphatic heterocycles. The van der Waals surface area contributed by atoms with E-state index in [1.807, 2.05) is 37.3 Å². The van der Waals surface area contributed by atoms with Crippen molar-refractivity contribution in [3.8, 4) is 0 Å². The van der Waals surface area contributed by atoms with Gasteiger partial charge < -0.3 is 5.32 Å². The molecule has 0 bridgehead atoms. The third-order valence-corrected chi connectivity index (χ3v) is 3.00. The van der Waals surface area contributed by atoms with E-state index in [1.165, 1.54) is 0 Å². The number of hydrogen-bond donors (Lipinski definition) is 1. The number of aromatic nitrogens is 1. The first-order valence-corrected chi connectivity index (χ1v) is 6.23. The summed E-state index contributed by atoms with van der Waals surface area (Å²) in [7, 11) is 0. The number of aryl methyl sites for hydroxylation is 1. The Morgan fingerprint density at radius 3 is 2.82 bits per heavy atom. The Morgan fingerprint density at radius 2 is 2.12 bits per heavy atom. The third kappa shape index (κ3) is 3.03. The van der Waals surface area contributed by atoms with Gasteiger partial charge in [0.25, 0.3) is 5.91 Å². The van der Waals surface area contributed by atoms with Crippen LogP contribution < -0.4 is 5.32 Å². The van der Waals surface area contributed by atoms with Gasteiger partial charge in [-0.2, -0.15) is 0 Å². The van der Waals surface area contributed by atoms with Gasteiger partial charge in [-0.1, -0.05) is 12.1 Å². The number of carbonyl (C=O) groups excluding carboxylic acids is 1. The van der Waals surface area contributed by atoms with Gasteiger partial charge in [-0.25, -0.2) is 4.98 Å². The van der Waals surface area contributed by atoms with Crippen LogP contribution in [0.1, 0.15) is 15.9 Å². The van der Waals surface area contributed by atoms with Crippen LogP contribution in [-0.4, -0.2) is 10.9 Å². The van der Waals surface area contributed by atoms with E-state index < -0.39 is 0 Å². The summed E-state index contributed by atoms with van der Waals surface area (Å²) < 4.78 is 1.04. The van der Waals surface area contributed by atoms with Crippen molar-refractivity contribution in [3.05, 3.63) is 57.3 Å². The molecule has 0 saturated carbocycles. The number of anilines is 1. The fourth-order valence-corrected chi connectivity index (χ4v) is 1.97. The van der Waals surface area contributed by atoms with Crippen LogP contribution in [0, 0.1) is 10.5 Å². The van der Waals surface area contributed by atoms with Crippen molar-refractivity contribution in [2.24, 2.45) is 0 Å². The third-order valence-electron chi connectivity index (χ3n) is 2.33. The van der Waals surface area contributed by atoms with Gasteiger partial charge >= 0.3 is 0 Å². The molecule has 0 radical (unpaired) electrons. The SMILES string of the molecule is Cc1cccnc1NC(=O)c1cccc(I)c1. The Kier molecular flexibility index (Phi) is 3.73. The second kappa shape index (κ2) is 5.27. The average molecular weight is 338 g/mol. The minimum absolute atomic E-state index is 0.134. The zero-order valence-corrected chi connectivity index (χ0v) is 11.4. The largest absolute Gasteiger partial charge is 0.306 e. The maximum atomic E-state index is 12.0. The lowest BCUT2D eigenvalue weighted by atomic mass is 10.2. The molecule has 1 heterocycles. The van der Waals surface area contributed by atoms with E-state index in [1.54, 1.807) is 12.3 Å². The van der Waals surface area contributed by atoms with Gasteiger partial charge in [0.05, 0.1) is 0 Å². The lowest BCUT2D eigenvalue weighted by Crippen LogP contribution is -2.13. The van der Waals surface area contributed by atoms with E-state index in [0.717, 1.165) is 9.13 Å². The lowest BCUT2D eigenvalue weighted by molar-refractivity contribution is 0.102. The first-order chi connectivity index (χ1) is 8.16. The average Bonchev–Trinajstić information content (AvgIpc) is 2.32. The molecule has 3 nitrogen and oxygen atoms in total. The van der Waals surface area contributed by atoms with Crippen molar-refractivity contribution in [3.63, 3.8) is 0 Å². The maximum absolute atomic E-state index is 12.0. The molecule has 0 atom stereocenters. The molecule has 1 amide bonds. The number of amides is 1. The Hall–Kier alpha value is -1.43. The topological polar surface area (TPSA) is 42.0 Å². The molecule has 0 fully saturated rings. The molecule has 0 aliphatic rings. The molecule has 4 heteroatoms. The number of halogens is 1. The molecule has 2 aromatic rings. The van der Waals surface area contributed by atoms with Crippen molar-refractivity contribution in [1.29, 1.82) is 0 Å². The van der Waals surface area contributed by atoms with E-state index in [2.05, 4.69) is 32.9 Å². The summed E-state index contributed by atoms with van der Waals surface area (Å²) in [6, 6.07) is 11.2. The monoisotopic (exact) mass is 338 g/mol. The van der Waals surface area contributed by atoms with Crippen LogP contribution in [0.2, 0.25) is 0 Å². The molecule has 1 N–H and O–H groups in total. The molecule has 2 rings (SSSR count). The van der Waals surface area contributed by atoms with Gasteiger partial charge in [0.1, 0.15) is 5.82 Å². The molecule has 1 aromatic heterocycles. The number of benzene rings is 1. The van der Waals surface area contributed by atoms with Crippen molar-refractivity contribution in [2.75, 3.05) is 5.32 Å². The van der Waals surface area contributed by atoms with Gasteiger partial charge in [-0.3, -0.25) is 4.79 Å². The predicted molar refractivity (Wildman–Crippen MR) is 76.1 cm³/mol. The summed E-state index contributed by atoms with van der Waals surface area (Å²) in [5, 5.41) is 2.80. The highest BCUT2D eigenvalue weighted by Gasteiger charge is 2.08. The van der Waals surface area contributed by atoms with Gasteiger partial charge in [0.2, 0.25) is 0 Å². The zero-order valence-electron chi connectivity index (χ0n) is 9.27. The number of carbonyl (C=O) groups is 1. The van der Waals surface area contributed by atoms with Crippen LogP contribution in [0.25, 0.3) is 0 Å². The first kappa shape index (κ1) is 12.0. The van der Waals surface area contributed by atoms with Crippen LogP contribution >= 0.6 is 22.6 Å². The number of nitrogens with one attached hydrogen (secondary N) is 1. The normalized spacial score (nSPS) is 10.0. The van der Waals surface area contributed by atoms with E-state index in [9.17, 15) is 4.79 Å². The van der Waals surface area contributed by atoms with Crippen molar-refractivity contribution >= 4 is 34.3 Å². The summed E-state index contributed by atoms with van der Waals surface area (Å²) in [6.45, 7) is 1.91. The van der Waals surface area contributed by atoms with Crippen LogP contribution in [0.5, 0.6) is 0 Å². The van der Waals surface area contributed by atoms with Crippen LogP contribution in [0.4, 0.5) is 5.82 Å². The lowest BCUT2D eigenvalue weighted by Gasteiger charge is -2.06. The highest BCUT2D eigenvalue weighted by atomic mass is 127. The van der Waals surface area contributed by atoms with E-state index in [4.69, 9.17) is 0 Å². The quantitative estimate of drug-likeness (QED) is 0.854. The minimum atomic E-state index is -0.134. The molecule has 86 valence electrons. The standard InChI is InChI=1S/C13H11IN2O/c1-9-4-3-7-15-12(9)16-13(17)10-5-2-6-11(14)8-10/h2-8H,1H3,(H,15,16,17). The highest BCUT2D eigenvalue weighted by Crippen LogP contribution is 2.13.